The molecule has 1 aliphatic heterocycles. The van der Waals surface area contributed by atoms with Crippen LogP contribution >= 0.6 is 15.9 Å². The van der Waals surface area contributed by atoms with E-state index in [1.165, 1.54) is 6.07 Å². The maximum atomic E-state index is 13.4. The quantitative estimate of drug-likeness (QED) is 0.793. The van der Waals surface area contributed by atoms with Gasteiger partial charge in [0, 0.05) is 4.47 Å². The molecule has 0 aliphatic carbocycles. The summed E-state index contributed by atoms with van der Waals surface area (Å²) in [5.41, 5.74) is 1.47. The number of aryl methyl sites for hydroxylation is 1. The van der Waals surface area contributed by atoms with Gasteiger partial charge in [0.25, 0.3) is 0 Å². The second kappa shape index (κ2) is 4.82. The molecular weight excluding hydrogens is 275 g/mol. The van der Waals surface area contributed by atoms with Gasteiger partial charge in [0.2, 0.25) is 0 Å². The van der Waals surface area contributed by atoms with E-state index in [1.807, 2.05) is 6.92 Å². The van der Waals surface area contributed by atoms with E-state index in [0.29, 0.717) is 12.2 Å². The topological polar surface area (TPSA) is 21.8 Å². The van der Waals surface area contributed by atoms with Crippen molar-refractivity contribution in [1.29, 1.82) is 0 Å². The van der Waals surface area contributed by atoms with Gasteiger partial charge >= 0.3 is 0 Å². The van der Waals surface area contributed by atoms with Crippen molar-refractivity contribution in [2.75, 3.05) is 13.2 Å². The van der Waals surface area contributed by atoms with Crippen LogP contribution in [0.1, 0.15) is 24.2 Å². The molecule has 0 amide bonds. The van der Waals surface area contributed by atoms with E-state index < -0.39 is 0 Å². The Kier molecular flexibility index (Phi) is 3.62. The number of hydrogen-bond acceptors (Lipinski definition) is 2. The van der Waals surface area contributed by atoms with Gasteiger partial charge in [0.15, 0.2) is 0 Å². The summed E-state index contributed by atoms with van der Waals surface area (Å²) >= 11 is 3.43. The lowest BCUT2D eigenvalue weighted by Crippen LogP contribution is -2.07. The lowest BCUT2D eigenvalue weighted by atomic mass is 10.1. The summed E-state index contributed by atoms with van der Waals surface area (Å²) in [6, 6.07) is 3.30. The van der Waals surface area contributed by atoms with Crippen molar-refractivity contribution < 1.29 is 13.9 Å². The Morgan fingerprint density at radius 3 is 2.94 bits per heavy atom. The number of benzene rings is 1. The average Bonchev–Trinajstić information content (AvgIpc) is 3.03. The van der Waals surface area contributed by atoms with Gasteiger partial charge in [0.1, 0.15) is 11.9 Å². The molecule has 2 rings (SSSR count). The SMILES string of the molecule is Cc1cc(Br)c([C@@H](C)OC[C@H]2CO2)cc1F. The van der Waals surface area contributed by atoms with Gasteiger partial charge in [-0.3, -0.25) is 0 Å². The molecule has 1 aliphatic rings. The molecule has 4 heteroatoms. The summed E-state index contributed by atoms with van der Waals surface area (Å²) in [6.45, 7) is 5.00. The van der Waals surface area contributed by atoms with Crippen LogP contribution in [0.25, 0.3) is 0 Å². The van der Waals surface area contributed by atoms with Gasteiger partial charge in [0.05, 0.1) is 19.3 Å². The van der Waals surface area contributed by atoms with Crippen molar-refractivity contribution in [3.05, 3.63) is 33.5 Å². The third-order valence-corrected chi connectivity index (χ3v) is 3.34. The number of ether oxygens (including phenoxy) is 2. The van der Waals surface area contributed by atoms with Crippen LogP contribution in [0.15, 0.2) is 16.6 Å². The Morgan fingerprint density at radius 2 is 2.31 bits per heavy atom. The molecule has 2 atom stereocenters. The van der Waals surface area contributed by atoms with Crippen LogP contribution in [0.3, 0.4) is 0 Å². The van der Waals surface area contributed by atoms with Crippen LogP contribution in [0, 0.1) is 12.7 Å². The minimum Gasteiger partial charge on any atom is -0.371 e. The minimum atomic E-state index is -0.198. The standard InChI is InChI=1S/C12H14BrFO2/c1-7-3-11(13)10(4-12(7)14)8(2)15-5-9-6-16-9/h3-4,8-9H,5-6H2,1-2H3/t8-,9+/m1/s1. The Bertz CT molecular complexity index is 391. The number of halogens is 2. The first-order chi connectivity index (χ1) is 7.58. The molecule has 0 N–H and O–H groups in total. The molecule has 0 spiro atoms. The van der Waals surface area contributed by atoms with Crippen molar-refractivity contribution in [3.8, 4) is 0 Å². The Labute approximate surface area is 103 Å². The summed E-state index contributed by atoms with van der Waals surface area (Å²) in [5.74, 6) is -0.198. The zero-order valence-electron chi connectivity index (χ0n) is 9.30. The fraction of sp³-hybridized carbons (Fsp3) is 0.500. The maximum Gasteiger partial charge on any atom is 0.126 e. The van der Waals surface area contributed by atoms with Crippen LogP contribution in [0.2, 0.25) is 0 Å². The first-order valence-electron chi connectivity index (χ1n) is 5.26. The second-order valence-electron chi connectivity index (χ2n) is 4.05. The molecule has 0 bridgehead atoms. The largest absolute Gasteiger partial charge is 0.371 e. The zero-order valence-corrected chi connectivity index (χ0v) is 10.9. The second-order valence-corrected chi connectivity index (χ2v) is 4.91. The van der Waals surface area contributed by atoms with Crippen molar-refractivity contribution in [3.63, 3.8) is 0 Å². The molecule has 0 radical (unpaired) electrons. The highest BCUT2D eigenvalue weighted by atomic mass is 79.9. The molecule has 88 valence electrons. The zero-order chi connectivity index (χ0) is 11.7. The monoisotopic (exact) mass is 288 g/mol. The van der Waals surface area contributed by atoms with Crippen LogP contribution in [-0.2, 0) is 9.47 Å². The molecule has 1 fully saturated rings. The molecule has 0 saturated carbocycles. The number of epoxide rings is 1. The minimum absolute atomic E-state index is 0.131. The van der Waals surface area contributed by atoms with Crippen molar-refractivity contribution in [2.45, 2.75) is 26.1 Å². The molecular formula is C12H14BrFO2. The van der Waals surface area contributed by atoms with E-state index in [-0.39, 0.29) is 18.0 Å². The van der Waals surface area contributed by atoms with E-state index in [0.717, 1.165) is 16.6 Å². The lowest BCUT2D eigenvalue weighted by molar-refractivity contribution is 0.0533. The fourth-order valence-corrected chi connectivity index (χ4v) is 2.26. The van der Waals surface area contributed by atoms with Crippen molar-refractivity contribution in [1.82, 2.24) is 0 Å². The first kappa shape index (κ1) is 12.0. The summed E-state index contributed by atoms with van der Waals surface area (Å²) < 4.78 is 25.0. The van der Waals surface area contributed by atoms with E-state index in [1.54, 1.807) is 13.0 Å². The molecule has 0 aromatic heterocycles. The smallest absolute Gasteiger partial charge is 0.126 e. The third-order valence-electron chi connectivity index (χ3n) is 2.65. The third kappa shape index (κ3) is 2.81. The van der Waals surface area contributed by atoms with Gasteiger partial charge in [-0.25, -0.2) is 4.39 Å². The fourth-order valence-electron chi connectivity index (χ4n) is 1.48. The van der Waals surface area contributed by atoms with Crippen LogP contribution in [-0.4, -0.2) is 19.3 Å². The van der Waals surface area contributed by atoms with Crippen molar-refractivity contribution in [2.24, 2.45) is 0 Å². The normalized spacial score (nSPS) is 20.9. The van der Waals surface area contributed by atoms with Crippen LogP contribution < -0.4 is 0 Å². The maximum absolute atomic E-state index is 13.4. The van der Waals surface area contributed by atoms with Gasteiger partial charge in [-0.15, -0.1) is 0 Å². The summed E-state index contributed by atoms with van der Waals surface area (Å²) in [5, 5.41) is 0. The highest BCUT2D eigenvalue weighted by Gasteiger charge is 2.24. The van der Waals surface area contributed by atoms with E-state index >= 15 is 0 Å². The van der Waals surface area contributed by atoms with Crippen molar-refractivity contribution >= 4 is 15.9 Å². The van der Waals surface area contributed by atoms with E-state index in [2.05, 4.69) is 15.9 Å². The Balaban J connectivity index is 2.08. The predicted molar refractivity (Wildman–Crippen MR) is 62.9 cm³/mol. The predicted octanol–water partition coefficient (Wildman–Crippen LogP) is 3.37. The van der Waals surface area contributed by atoms with Gasteiger partial charge in [-0.2, -0.15) is 0 Å². The summed E-state index contributed by atoms with van der Waals surface area (Å²) in [7, 11) is 0. The van der Waals surface area contributed by atoms with Crippen LogP contribution in [0.4, 0.5) is 4.39 Å². The van der Waals surface area contributed by atoms with E-state index in [4.69, 9.17) is 9.47 Å². The Hall–Kier alpha value is -0.450. The summed E-state index contributed by atoms with van der Waals surface area (Å²) in [4.78, 5) is 0. The average molecular weight is 289 g/mol. The molecule has 1 heterocycles. The molecule has 1 aromatic carbocycles. The van der Waals surface area contributed by atoms with Gasteiger partial charge in [-0.05, 0) is 37.1 Å². The highest BCUT2D eigenvalue weighted by Crippen LogP contribution is 2.29. The lowest BCUT2D eigenvalue weighted by Gasteiger charge is -2.15. The number of rotatable bonds is 4. The van der Waals surface area contributed by atoms with Gasteiger partial charge < -0.3 is 9.47 Å². The molecule has 16 heavy (non-hydrogen) atoms. The highest BCUT2D eigenvalue weighted by molar-refractivity contribution is 9.10. The Morgan fingerprint density at radius 1 is 1.62 bits per heavy atom. The molecule has 2 nitrogen and oxygen atoms in total. The van der Waals surface area contributed by atoms with Crippen LogP contribution in [0.5, 0.6) is 0 Å². The van der Waals surface area contributed by atoms with Gasteiger partial charge in [-0.1, -0.05) is 15.9 Å². The molecule has 1 saturated heterocycles. The summed E-state index contributed by atoms with van der Waals surface area (Å²) in [6.07, 6.45) is 0.102. The molecule has 1 aromatic rings. The first-order valence-corrected chi connectivity index (χ1v) is 6.06. The molecule has 0 unspecified atom stereocenters. The number of hydrogen-bond donors (Lipinski definition) is 0. The van der Waals surface area contributed by atoms with E-state index in [9.17, 15) is 4.39 Å².